The number of hydrogen-bond donors (Lipinski definition) is 1. The van der Waals surface area contributed by atoms with E-state index in [2.05, 4.69) is 15.5 Å². The Balaban J connectivity index is 1.68. The van der Waals surface area contributed by atoms with E-state index in [4.69, 9.17) is 9.26 Å². The van der Waals surface area contributed by atoms with E-state index >= 15 is 0 Å². The molecule has 0 aliphatic rings. The van der Waals surface area contributed by atoms with E-state index in [-0.39, 0.29) is 5.91 Å². The summed E-state index contributed by atoms with van der Waals surface area (Å²) in [5.41, 5.74) is 3.12. The van der Waals surface area contributed by atoms with Gasteiger partial charge in [-0.1, -0.05) is 11.2 Å². The largest absolute Gasteiger partial charge is 0.489 e. The monoisotopic (exact) mass is 343 g/mol. The van der Waals surface area contributed by atoms with Crippen LogP contribution in [0.2, 0.25) is 0 Å². The molecule has 24 heavy (non-hydrogen) atoms. The van der Waals surface area contributed by atoms with Crippen molar-refractivity contribution in [3.63, 3.8) is 0 Å². The van der Waals surface area contributed by atoms with Crippen LogP contribution in [-0.4, -0.2) is 16.0 Å². The molecule has 0 bridgehead atoms. The Morgan fingerprint density at radius 3 is 2.83 bits per heavy atom. The number of nitrogens with one attached hydrogen (secondary N) is 1. The molecular formula is C17H17N3O3S. The Morgan fingerprint density at radius 1 is 1.33 bits per heavy atom. The second-order valence-electron chi connectivity index (χ2n) is 5.37. The number of carbonyl (C=O) groups excluding carboxylic acids is 1. The van der Waals surface area contributed by atoms with Gasteiger partial charge in [-0.25, -0.2) is 4.98 Å². The first-order valence-electron chi connectivity index (χ1n) is 7.41. The van der Waals surface area contributed by atoms with E-state index in [1.54, 1.807) is 18.2 Å². The normalized spacial score (nSPS) is 10.6. The number of benzene rings is 1. The molecule has 3 rings (SSSR count). The summed E-state index contributed by atoms with van der Waals surface area (Å²) in [6.07, 6.45) is 0. The minimum Gasteiger partial charge on any atom is -0.489 e. The summed E-state index contributed by atoms with van der Waals surface area (Å²) in [5.74, 6) is 1.13. The first kappa shape index (κ1) is 16.2. The molecule has 0 fully saturated rings. The number of amides is 1. The zero-order chi connectivity index (χ0) is 17.1. The molecule has 2 heterocycles. The van der Waals surface area contributed by atoms with E-state index in [0.29, 0.717) is 23.1 Å². The summed E-state index contributed by atoms with van der Waals surface area (Å²) in [5, 5.41) is 9.15. The predicted octanol–water partition coefficient (Wildman–Crippen LogP) is 3.89. The van der Waals surface area contributed by atoms with Gasteiger partial charge < -0.3 is 9.26 Å². The van der Waals surface area contributed by atoms with Gasteiger partial charge in [0.2, 0.25) is 0 Å². The topological polar surface area (TPSA) is 77.2 Å². The lowest BCUT2D eigenvalue weighted by atomic mass is 10.2. The number of ether oxygens (including phenoxy) is 1. The number of carbonyl (C=O) groups is 1. The molecule has 124 valence electrons. The number of aryl methyl sites for hydroxylation is 3. The molecule has 0 radical (unpaired) electrons. The summed E-state index contributed by atoms with van der Waals surface area (Å²) in [6, 6.07) is 7.03. The van der Waals surface area contributed by atoms with Crippen LogP contribution in [0.5, 0.6) is 5.75 Å². The Kier molecular flexibility index (Phi) is 4.61. The van der Waals surface area contributed by atoms with Crippen molar-refractivity contribution in [1.29, 1.82) is 0 Å². The predicted molar refractivity (Wildman–Crippen MR) is 91.6 cm³/mol. The van der Waals surface area contributed by atoms with Crippen molar-refractivity contribution in [3.8, 4) is 5.75 Å². The Labute approximate surface area is 143 Å². The van der Waals surface area contributed by atoms with Gasteiger partial charge in [-0.15, -0.1) is 11.3 Å². The maximum absolute atomic E-state index is 12.3. The molecule has 0 saturated heterocycles. The first-order valence-corrected chi connectivity index (χ1v) is 8.29. The van der Waals surface area contributed by atoms with Crippen molar-refractivity contribution < 1.29 is 14.1 Å². The fraction of sp³-hybridized carbons (Fsp3) is 0.235. The second-order valence-corrected chi connectivity index (χ2v) is 6.23. The highest BCUT2D eigenvalue weighted by Crippen LogP contribution is 2.20. The average Bonchev–Trinajstić information content (AvgIpc) is 3.11. The van der Waals surface area contributed by atoms with Gasteiger partial charge in [0.15, 0.2) is 5.13 Å². The summed E-state index contributed by atoms with van der Waals surface area (Å²) in [6.45, 7) is 5.95. The van der Waals surface area contributed by atoms with Crippen LogP contribution in [0.1, 0.15) is 33.1 Å². The number of hydrogen-bond acceptors (Lipinski definition) is 6. The van der Waals surface area contributed by atoms with Crippen molar-refractivity contribution in [2.45, 2.75) is 27.4 Å². The molecule has 6 nitrogen and oxygen atoms in total. The third kappa shape index (κ3) is 3.62. The van der Waals surface area contributed by atoms with Crippen molar-refractivity contribution in [3.05, 3.63) is 57.9 Å². The summed E-state index contributed by atoms with van der Waals surface area (Å²) in [4.78, 5) is 16.5. The van der Waals surface area contributed by atoms with Crippen LogP contribution in [0.15, 0.2) is 34.2 Å². The molecule has 0 spiro atoms. The van der Waals surface area contributed by atoms with Crippen LogP contribution in [-0.2, 0) is 6.61 Å². The lowest BCUT2D eigenvalue weighted by Gasteiger charge is -2.08. The van der Waals surface area contributed by atoms with Crippen molar-refractivity contribution in [2.75, 3.05) is 5.32 Å². The summed E-state index contributed by atoms with van der Waals surface area (Å²) < 4.78 is 10.9. The SMILES string of the molecule is Cc1csc(NC(=O)c2cccc(OCc3c(C)noc3C)c2)n1. The molecule has 1 amide bonds. The van der Waals surface area contributed by atoms with Crippen LogP contribution in [0.25, 0.3) is 0 Å². The Morgan fingerprint density at radius 2 is 2.17 bits per heavy atom. The average molecular weight is 343 g/mol. The van der Waals surface area contributed by atoms with Gasteiger partial charge in [0.05, 0.1) is 17.0 Å². The van der Waals surface area contributed by atoms with E-state index < -0.39 is 0 Å². The third-order valence-corrected chi connectivity index (χ3v) is 4.38. The van der Waals surface area contributed by atoms with Crippen LogP contribution in [0.3, 0.4) is 0 Å². The maximum Gasteiger partial charge on any atom is 0.257 e. The fourth-order valence-corrected chi connectivity index (χ4v) is 2.85. The second kappa shape index (κ2) is 6.84. The molecular weight excluding hydrogens is 326 g/mol. The molecule has 7 heteroatoms. The minimum atomic E-state index is -0.216. The van der Waals surface area contributed by atoms with E-state index in [0.717, 1.165) is 22.7 Å². The molecule has 0 aliphatic heterocycles. The van der Waals surface area contributed by atoms with Crippen LogP contribution >= 0.6 is 11.3 Å². The standard InChI is InChI=1S/C17H17N3O3S/c1-10-9-24-17(18-10)19-16(21)13-5-4-6-14(7-13)22-8-15-11(2)20-23-12(15)3/h4-7,9H,8H2,1-3H3,(H,18,19,21). The van der Waals surface area contributed by atoms with Gasteiger partial charge in [-0.2, -0.15) is 0 Å². The number of aromatic nitrogens is 2. The quantitative estimate of drug-likeness (QED) is 0.760. The summed E-state index contributed by atoms with van der Waals surface area (Å²) in [7, 11) is 0. The fourth-order valence-electron chi connectivity index (χ4n) is 2.17. The first-order chi connectivity index (χ1) is 11.5. The number of anilines is 1. The van der Waals surface area contributed by atoms with Crippen molar-refractivity contribution in [1.82, 2.24) is 10.1 Å². The number of thiazole rings is 1. The molecule has 1 aromatic carbocycles. The van der Waals surface area contributed by atoms with Crippen molar-refractivity contribution in [2.24, 2.45) is 0 Å². The van der Waals surface area contributed by atoms with Gasteiger partial charge in [0.25, 0.3) is 5.91 Å². The molecule has 0 aliphatic carbocycles. The Bertz CT molecular complexity index is 850. The molecule has 1 N–H and O–H groups in total. The zero-order valence-corrected chi connectivity index (χ0v) is 14.4. The van der Waals surface area contributed by atoms with E-state index in [9.17, 15) is 4.79 Å². The molecule has 0 atom stereocenters. The van der Waals surface area contributed by atoms with Gasteiger partial charge in [0, 0.05) is 10.9 Å². The van der Waals surface area contributed by atoms with Crippen molar-refractivity contribution >= 4 is 22.4 Å². The highest BCUT2D eigenvalue weighted by atomic mass is 32.1. The lowest BCUT2D eigenvalue weighted by Crippen LogP contribution is -2.11. The highest BCUT2D eigenvalue weighted by Gasteiger charge is 2.12. The van der Waals surface area contributed by atoms with Crippen LogP contribution < -0.4 is 10.1 Å². The zero-order valence-electron chi connectivity index (χ0n) is 13.6. The smallest absolute Gasteiger partial charge is 0.257 e. The van der Waals surface area contributed by atoms with Crippen LogP contribution in [0.4, 0.5) is 5.13 Å². The van der Waals surface area contributed by atoms with Gasteiger partial charge >= 0.3 is 0 Å². The third-order valence-electron chi connectivity index (χ3n) is 3.50. The highest BCUT2D eigenvalue weighted by molar-refractivity contribution is 7.13. The number of rotatable bonds is 5. The summed E-state index contributed by atoms with van der Waals surface area (Å²) >= 11 is 1.40. The molecule has 3 aromatic rings. The Hall–Kier alpha value is -2.67. The van der Waals surface area contributed by atoms with E-state index in [1.807, 2.05) is 32.2 Å². The van der Waals surface area contributed by atoms with Gasteiger partial charge in [-0.3, -0.25) is 10.1 Å². The lowest BCUT2D eigenvalue weighted by molar-refractivity contribution is 0.102. The van der Waals surface area contributed by atoms with Gasteiger partial charge in [0.1, 0.15) is 18.1 Å². The minimum absolute atomic E-state index is 0.216. The maximum atomic E-state index is 12.3. The van der Waals surface area contributed by atoms with Crippen LogP contribution in [0, 0.1) is 20.8 Å². The van der Waals surface area contributed by atoms with E-state index in [1.165, 1.54) is 11.3 Å². The molecule has 0 unspecified atom stereocenters. The number of nitrogens with zero attached hydrogens (tertiary/aromatic N) is 2. The molecule has 2 aromatic heterocycles. The molecule has 0 saturated carbocycles. The van der Waals surface area contributed by atoms with Gasteiger partial charge in [-0.05, 0) is 39.0 Å².